The first-order valence-corrected chi connectivity index (χ1v) is 14.9. The monoisotopic (exact) mass is 575 g/mol. The molecule has 5 nitrogen and oxygen atoms in total. The first-order valence-electron chi connectivity index (χ1n) is 14.5. The molecule has 0 N–H and O–H groups in total. The zero-order valence-electron chi connectivity index (χ0n) is 24.7. The maximum Gasteiger partial charge on any atom is 0.265 e. The Labute approximate surface area is 254 Å². The van der Waals surface area contributed by atoms with Crippen LogP contribution >= 0.6 is 12.2 Å². The number of nitrogens with zero attached hydrogens (tertiary/aromatic N) is 3. The van der Waals surface area contributed by atoms with Gasteiger partial charge in [-0.05, 0) is 97.4 Å². The highest BCUT2D eigenvalue weighted by Gasteiger charge is 2.41. The van der Waals surface area contributed by atoms with Crippen LogP contribution in [0.2, 0.25) is 0 Å². The lowest BCUT2D eigenvalue weighted by molar-refractivity contribution is -0.133. The van der Waals surface area contributed by atoms with Crippen LogP contribution in [-0.4, -0.2) is 39.8 Å². The molecule has 0 atom stereocenters. The second-order valence-electron chi connectivity index (χ2n) is 11.5. The SMILES string of the molecule is CCN1C(=O)C(=C2C=C(/C=C/c3ccc(N(c4ccccc4)c4ccccc4)cc3)CC(C)(C)C2)C(=O)N(CC)C1=S. The fourth-order valence-electron chi connectivity index (χ4n) is 5.78. The summed E-state index contributed by atoms with van der Waals surface area (Å²) in [4.78, 5) is 32.1. The van der Waals surface area contributed by atoms with Crippen LogP contribution in [0.5, 0.6) is 0 Å². The number of likely N-dealkylation sites (N-methyl/N-ethyl adjacent to an activating group) is 2. The van der Waals surface area contributed by atoms with E-state index >= 15 is 0 Å². The van der Waals surface area contributed by atoms with Gasteiger partial charge in [0.2, 0.25) is 0 Å². The van der Waals surface area contributed by atoms with Gasteiger partial charge < -0.3 is 4.90 Å². The molecule has 0 aromatic heterocycles. The third kappa shape index (κ3) is 6.00. The normalized spacial score (nSPS) is 17.2. The van der Waals surface area contributed by atoms with Gasteiger partial charge >= 0.3 is 0 Å². The smallest absolute Gasteiger partial charge is 0.265 e. The fraction of sp³-hybridized carbons (Fsp3) is 0.250. The molecule has 3 aromatic carbocycles. The molecule has 0 saturated carbocycles. The summed E-state index contributed by atoms with van der Waals surface area (Å²) in [5.74, 6) is -0.581. The molecule has 42 heavy (non-hydrogen) atoms. The topological polar surface area (TPSA) is 43.9 Å². The summed E-state index contributed by atoms with van der Waals surface area (Å²) in [5.41, 5.74) is 6.36. The van der Waals surface area contributed by atoms with Crippen LogP contribution in [0.1, 0.15) is 46.1 Å². The molecular weight excluding hydrogens is 538 g/mol. The van der Waals surface area contributed by atoms with E-state index in [1.807, 2.05) is 56.3 Å². The largest absolute Gasteiger partial charge is 0.311 e. The summed E-state index contributed by atoms with van der Waals surface area (Å²) in [6.45, 7) is 9.00. The molecule has 2 amide bonds. The van der Waals surface area contributed by atoms with E-state index in [0.717, 1.165) is 40.2 Å². The first-order chi connectivity index (χ1) is 20.2. The van der Waals surface area contributed by atoms with Crippen molar-refractivity contribution in [2.24, 2.45) is 5.41 Å². The number of amides is 2. The minimum atomic E-state index is -0.290. The Morgan fingerprint density at radius 2 is 1.24 bits per heavy atom. The van der Waals surface area contributed by atoms with Crippen molar-refractivity contribution in [2.75, 3.05) is 18.0 Å². The van der Waals surface area contributed by atoms with Crippen LogP contribution in [-0.2, 0) is 9.59 Å². The van der Waals surface area contributed by atoms with Gasteiger partial charge in [0.05, 0.1) is 0 Å². The Bertz CT molecular complexity index is 1500. The second-order valence-corrected chi connectivity index (χ2v) is 11.8. The highest BCUT2D eigenvalue weighted by molar-refractivity contribution is 7.80. The number of hydrogen-bond donors (Lipinski definition) is 0. The third-order valence-electron chi connectivity index (χ3n) is 7.71. The van der Waals surface area contributed by atoms with Crippen molar-refractivity contribution in [3.63, 3.8) is 0 Å². The average molecular weight is 576 g/mol. The van der Waals surface area contributed by atoms with Gasteiger partial charge in [-0.2, -0.15) is 0 Å². The van der Waals surface area contributed by atoms with E-state index in [9.17, 15) is 9.59 Å². The Morgan fingerprint density at radius 3 is 1.74 bits per heavy atom. The molecule has 2 aliphatic rings. The minimum absolute atomic E-state index is 0.0981. The van der Waals surface area contributed by atoms with Crippen LogP contribution in [0.25, 0.3) is 6.08 Å². The van der Waals surface area contributed by atoms with E-state index in [-0.39, 0.29) is 22.8 Å². The van der Waals surface area contributed by atoms with Gasteiger partial charge in [-0.15, -0.1) is 0 Å². The number of para-hydroxylation sites is 2. The Morgan fingerprint density at radius 1 is 0.738 bits per heavy atom. The molecule has 1 aliphatic carbocycles. The van der Waals surface area contributed by atoms with Gasteiger partial charge in [-0.1, -0.05) is 80.6 Å². The van der Waals surface area contributed by atoms with E-state index < -0.39 is 0 Å². The quantitative estimate of drug-likeness (QED) is 0.162. The molecule has 214 valence electrons. The van der Waals surface area contributed by atoms with Crippen molar-refractivity contribution in [3.05, 3.63) is 119 Å². The molecule has 0 radical (unpaired) electrons. The van der Waals surface area contributed by atoms with Gasteiger partial charge in [0.25, 0.3) is 11.8 Å². The summed E-state index contributed by atoms with van der Waals surface area (Å²) >= 11 is 5.46. The summed E-state index contributed by atoms with van der Waals surface area (Å²) in [6, 6.07) is 29.2. The Kier molecular flexibility index (Phi) is 8.55. The summed E-state index contributed by atoms with van der Waals surface area (Å²) < 4.78 is 0. The highest BCUT2D eigenvalue weighted by atomic mass is 32.1. The molecule has 1 saturated heterocycles. The lowest BCUT2D eigenvalue weighted by Crippen LogP contribution is -2.56. The van der Waals surface area contributed by atoms with Gasteiger partial charge in [0.15, 0.2) is 5.11 Å². The number of carbonyl (C=O) groups excluding carboxylic acids is 2. The summed E-state index contributed by atoms with van der Waals surface area (Å²) in [7, 11) is 0. The standard InChI is InChI=1S/C36H37N3O2S/c1-5-37-33(40)32(34(41)38(6-2)35(37)42)28-23-27(24-36(3,4)25-28)18-17-26-19-21-31(22-20-26)39(29-13-9-7-10-14-29)30-15-11-8-12-16-30/h7-23H,5-6,24-25H2,1-4H3/b18-17+. The van der Waals surface area contributed by atoms with E-state index in [4.69, 9.17) is 12.2 Å². The van der Waals surface area contributed by atoms with E-state index in [0.29, 0.717) is 24.6 Å². The maximum absolute atomic E-state index is 13.4. The van der Waals surface area contributed by atoms with Gasteiger partial charge in [-0.3, -0.25) is 19.4 Å². The lowest BCUT2D eigenvalue weighted by atomic mass is 9.73. The summed E-state index contributed by atoms with van der Waals surface area (Å²) in [5, 5.41) is 0.292. The van der Waals surface area contributed by atoms with Crippen LogP contribution in [0.3, 0.4) is 0 Å². The van der Waals surface area contributed by atoms with Crippen molar-refractivity contribution < 1.29 is 9.59 Å². The van der Waals surface area contributed by atoms with Gasteiger partial charge in [0.1, 0.15) is 5.57 Å². The molecule has 5 rings (SSSR count). The van der Waals surface area contributed by atoms with E-state index in [1.165, 1.54) is 9.80 Å². The molecule has 3 aromatic rings. The predicted molar refractivity (Wildman–Crippen MR) is 176 cm³/mol. The molecule has 0 spiro atoms. The average Bonchev–Trinajstić information content (AvgIpc) is 2.98. The number of carbonyl (C=O) groups is 2. The number of allylic oxidation sites excluding steroid dienone is 4. The summed E-state index contributed by atoms with van der Waals surface area (Å²) in [6.07, 6.45) is 7.75. The Balaban J connectivity index is 1.45. The zero-order chi connectivity index (χ0) is 29.9. The highest BCUT2D eigenvalue weighted by Crippen LogP contribution is 2.41. The van der Waals surface area contributed by atoms with Crippen molar-refractivity contribution >= 4 is 52.3 Å². The van der Waals surface area contributed by atoms with Gasteiger partial charge in [-0.25, -0.2) is 0 Å². The van der Waals surface area contributed by atoms with E-state index in [2.05, 4.69) is 79.4 Å². The lowest BCUT2D eigenvalue weighted by Gasteiger charge is -2.38. The molecule has 0 unspecified atom stereocenters. The van der Waals surface area contributed by atoms with Crippen LogP contribution in [0.4, 0.5) is 17.1 Å². The fourth-order valence-corrected chi connectivity index (χ4v) is 6.20. The number of rotatable bonds is 7. The second kappa shape index (κ2) is 12.3. The number of anilines is 3. The maximum atomic E-state index is 13.4. The van der Waals surface area contributed by atoms with Crippen LogP contribution in [0.15, 0.2) is 114 Å². The number of thiocarbonyl (C=S) groups is 1. The molecule has 6 heteroatoms. The number of benzene rings is 3. The first kappa shape index (κ1) is 29.2. The van der Waals surface area contributed by atoms with Crippen molar-refractivity contribution in [3.8, 4) is 0 Å². The van der Waals surface area contributed by atoms with Crippen LogP contribution in [0, 0.1) is 5.41 Å². The predicted octanol–water partition coefficient (Wildman–Crippen LogP) is 8.21. The van der Waals surface area contributed by atoms with Crippen molar-refractivity contribution in [2.45, 2.75) is 40.5 Å². The van der Waals surface area contributed by atoms with Gasteiger partial charge in [0, 0.05) is 30.2 Å². The molecular formula is C36H37N3O2S. The third-order valence-corrected chi connectivity index (χ3v) is 8.16. The van der Waals surface area contributed by atoms with Crippen LogP contribution < -0.4 is 4.90 Å². The molecule has 1 heterocycles. The Hall–Kier alpha value is -4.29. The molecule has 0 bridgehead atoms. The zero-order valence-corrected chi connectivity index (χ0v) is 25.5. The molecule has 1 fully saturated rings. The minimum Gasteiger partial charge on any atom is -0.311 e. The van der Waals surface area contributed by atoms with E-state index in [1.54, 1.807) is 0 Å². The molecule has 1 aliphatic heterocycles. The number of hydrogen-bond acceptors (Lipinski definition) is 4. The van der Waals surface area contributed by atoms with Crippen molar-refractivity contribution in [1.82, 2.24) is 9.80 Å². The van der Waals surface area contributed by atoms with Crippen molar-refractivity contribution in [1.29, 1.82) is 0 Å².